The van der Waals surface area contributed by atoms with Crippen LogP contribution in [0.15, 0.2) is 48.5 Å². The number of amides is 3. The summed E-state index contributed by atoms with van der Waals surface area (Å²) < 4.78 is 0. The van der Waals surface area contributed by atoms with E-state index in [0.717, 1.165) is 41.8 Å². The van der Waals surface area contributed by atoms with Gasteiger partial charge in [0.25, 0.3) is 0 Å². The molecule has 1 unspecified atom stereocenters. The first-order chi connectivity index (χ1) is 15.3. The van der Waals surface area contributed by atoms with Gasteiger partial charge in [0, 0.05) is 44.1 Å². The SMILES string of the molecule is CCC(C(=O)N(Cc1cc(NC(=O)NC(C)C)ccc1N(C)C)C1CC1)c1ccccc1. The van der Waals surface area contributed by atoms with E-state index in [9.17, 15) is 9.59 Å². The van der Waals surface area contributed by atoms with Gasteiger partial charge >= 0.3 is 6.03 Å². The van der Waals surface area contributed by atoms with Gasteiger partial charge in [-0.25, -0.2) is 4.79 Å². The Morgan fingerprint density at radius 1 is 1.06 bits per heavy atom. The monoisotopic (exact) mass is 436 g/mol. The van der Waals surface area contributed by atoms with Crippen molar-refractivity contribution in [1.29, 1.82) is 0 Å². The molecule has 0 saturated heterocycles. The summed E-state index contributed by atoms with van der Waals surface area (Å²) in [4.78, 5) is 29.9. The van der Waals surface area contributed by atoms with Crippen molar-refractivity contribution < 1.29 is 9.59 Å². The Morgan fingerprint density at radius 3 is 2.31 bits per heavy atom. The quantitative estimate of drug-likeness (QED) is 0.583. The molecule has 1 saturated carbocycles. The lowest BCUT2D eigenvalue weighted by molar-refractivity contribution is -0.134. The number of urea groups is 1. The minimum Gasteiger partial charge on any atom is -0.377 e. The Labute approximate surface area is 192 Å². The molecule has 3 rings (SSSR count). The second-order valence-corrected chi connectivity index (χ2v) is 9.06. The summed E-state index contributed by atoms with van der Waals surface area (Å²) in [5, 5.41) is 5.77. The molecule has 172 valence electrons. The van der Waals surface area contributed by atoms with Crippen LogP contribution in [0.2, 0.25) is 0 Å². The molecule has 0 bridgehead atoms. The molecule has 0 radical (unpaired) electrons. The van der Waals surface area contributed by atoms with E-state index in [1.165, 1.54) is 0 Å². The van der Waals surface area contributed by atoms with Crippen LogP contribution >= 0.6 is 0 Å². The predicted octanol–water partition coefficient (Wildman–Crippen LogP) is 4.97. The summed E-state index contributed by atoms with van der Waals surface area (Å²) in [6.07, 6.45) is 2.86. The van der Waals surface area contributed by atoms with Crippen molar-refractivity contribution in [2.24, 2.45) is 0 Å². The van der Waals surface area contributed by atoms with Crippen molar-refractivity contribution in [3.63, 3.8) is 0 Å². The zero-order chi connectivity index (χ0) is 23.3. The van der Waals surface area contributed by atoms with Gasteiger partial charge in [-0.3, -0.25) is 4.79 Å². The highest BCUT2D eigenvalue weighted by Gasteiger charge is 2.36. The van der Waals surface area contributed by atoms with Gasteiger partial charge in [-0.2, -0.15) is 0 Å². The molecule has 2 aromatic carbocycles. The maximum atomic E-state index is 13.7. The largest absolute Gasteiger partial charge is 0.377 e. The van der Waals surface area contributed by atoms with Crippen molar-refractivity contribution in [3.8, 4) is 0 Å². The molecule has 0 aromatic heterocycles. The highest BCUT2D eigenvalue weighted by atomic mass is 16.2. The van der Waals surface area contributed by atoms with E-state index in [4.69, 9.17) is 0 Å². The smallest absolute Gasteiger partial charge is 0.319 e. The van der Waals surface area contributed by atoms with Crippen LogP contribution in [-0.2, 0) is 11.3 Å². The van der Waals surface area contributed by atoms with Crippen molar-refractivity contribution in [2.45, 2.75) is 64.6 Å². The zero-order valence-electron chi connectivity index (χ0n) is 19.9. The fraction of sp³-hybridized carbons (Fsp3) is 0.462. The van der Waals surface area contributed by atoms with Gasteiger partial charge in [0.15, 0.2) is 0 Å². The number of nitrogens with zero attached hydrogens (tertiary/aromatic N) is 2. The van der Waals surface area contributed by atoms with E-state index in [1.807, 2.05) is 81.4 Å². The first-order valence-corrected chi connectivity index (χ1v) is 11.5. The van der Waals surface area contributed by atoms with Crippen LogP contribution in [-0.4, -0.2) is 43.0 Å². The fourth-order valence-electron chi connectivity index (χ4n) is 4.05. The second-order valence-electron chi connectivity index (χ2n) is 9.06. The Hall–Kier alpha value is -3.02. The van der Waals surface area contributed by atoms with Crippen molar-refractivity contribution in [1.82, 2.24) is 10.2 Å². The van der Waals surface area contributed by atoms with Gasteiger partial charge in [0.2, 0.25) is 5.91 Å². The molecule has 6 heteroatoms. The standard InChI is InChI=1S/C26H36N4O2/c1-6-23(19-10-8-7-9-11-19)25(31)30(22-13-14-22)17-20-16-21(12-15-24(20)29(4)5)28-26(32)27-18(2)3/h7-12,15-16,18,22-23H,6,13-14,17H2,1-5H3,(H2,27,28,32). The average molecular weight is 437 g/mol. The third-order valence-corrected chi connectivity index (χ3v) is 5.76. The van der Waals surface area contributed by atoms with Crippen molar-refractivity contribution in [2.75, 3.05) is 24.3 Å². The lowest BCUT2D eigenvalue weighted by atomic mass is 9.94. The van der Waals surface area contributed by atoms with Crippen molar-refractivity contribution >= 4 is 23.3 Å². The molecule has 3 amide bonds. The number of hydrogen-bond acceptors (Lipinski definition) is 3. The molecule has 1 atom stereocenters. The molecule has 0 heterocycles. The summed E-state index contributed by atoms with van der Waals surface area (Å²) in [5.74, 6) is 0.0413. The normalized spacial score (nSPS) is 14.1. The Bertz CT molecular complexity index is 923. The van der Waals surface area contributed by atoms with Gasteiger partial charge in [-0.1, -0.05) is 37.3 Å². The topological polar surface area (TPSA) is 64.7 Å². The highest BCUT2D eigenvalue weighted by Crippen LogP contribution is 2.35. The Balaban J connectivity index is 1.86. The number of carbonyl (C=O) groups is 2. The van der Waals surface area contributed by atoms with Crippen molar-refractivity contribution in [3.05, 3.63) is 59.7 Å². The highest BCUT2D eigenvalue weighted by molar-refractivity contribution is 5.90. The minimum absolute atomic E-state index is 0.0578. The van der Waals surface area contributed by atoms with E-state index in [2.05, 4.69) is 22.5 Å². The van der Waals surface area contributed by atoms with E-state index < -0.39 is 0 Å². The molecule has 2 aromatic rings. The number of hydrogen-bond donors (Lipinski definition) is 2. The predicted molar refractivity (Wildman–Crippen MR) is 131 cm³/mol. The second kappa shape index (κ2) is 10.5. The number of nitrogens with one attached hydrogen (secondary N) is 2. The van der Waals surface area contributed by atoms with Gasteiger partial charge in [-0.05, 0) is 62.4 Å². The fourth-order valence-corrected chi connectivity index (χ4v) is 4.05. The Kier molecular flexibility index (Phi) is 7.78. The maximum Gasteiger partial charge on any atom is 0.319 e. The molecule has 0 spiro atoms. The first-order valence-electron chi connectivity index (χ1n) is 11.5. The Morgan fingerprint density at radius 2 is 1.75 bits per heavy atom. The van der Waals surface area contributed by atoms with E-state index in [-0.39, 0.29) is 29.9 Å². The molecular weight excluding hydrogens is 400 g/mol. The van der Waals surface area contributed by atoms with Crippen LogP contribution in [0.1, 0.15) is 57.1 Å². The van der Waals surface area contributed by atoms with Gasteiger partial charge < -0.3 is 20.4 Å². The van der Waals surface area contributed by atoms with E-state index in [1.54, 1.807) is 0 Å². The van der Waals surface area contributed by atoms with Gasteiger partial charge in [-0.15, -0.1) is 0 Å². The zero-order valence-corrected chi connectivity index (χ0v) is 19.9. The molecule has 2 N–H and O–H groups in total. The summed E-state index contributed by atoms with van der Waals surface area (Å²) in [6, 6.07) is 16.1. The van der Waals surface area contributed by atoms with E-state index >= 15 is 0 Å². The molecule has 1 aliphatic rings. The summed E-state index contributed by atoms with van der Waals surface area (Å²) >= 11 is 0. The summed E-state index contributed by atoms with van der Waals surface area (Å²) in [7, 11) is 4.00. The lowest BCUT2D eigenvalue weighted by Gasteiger charge is -2.29. The van der Waals surface area contributed by atoms with Crippen LogP contribution in [0.25, 0.3) is 0 Å². The van der Waals surface area contributed by atoms with Gasteiger partial charge in [0.1, 0.15) is 0 Å². The third kappa shape index (κ3) is 6.02. The molecule has 6 nitrogen and oxygen atoms in total. The number of benzene rings is 2. The van der Waals surface area contributed by atoms with Crippen LogP contribution < -0.4 is 15.5 Å². The number of anilines is 2. The lowest BCUT2D eigenvalue weighted by Crippen LogP contribution is -2.37. The molecular formula is C26H36N4O2. The summed E-state index contributed by atoms with van der Waals surface area (Å²) in [5.41, 5.74) is 3.87. The average Bonchev–Trinajstić information content (AvgIpc) is 3.57. The molecule has 1 fully saturated rings. The minimum atomic E-state index is -0.228. The summed E-state index contributed by atoms with van der Waals surface area (Å²) in [6.45, 7) is 6.46. The number of rotatable bonds is 9. The third-order valence-electron chi connectivity index (χ3n) is 5.76. The van der Waals surface area contributed by atoms with E-state index in [0.29, 0.717) is 6.54 Å². The van der Waals surface area contributed by atoms with Crippen LogP contribution in [0.4, 0.5) is 16.2 Å². The van der Waals surface area contributed by atoms with Crippen LogP contribution in [0.3, 0.4) is 0 Å². The maximum absolute atomic E-state index is 13.7. The van der Waals surface area contributed by atoms with Crippen LogP contribution in [0, 0.1) is 0 Å². The van der Waals surface area contributed by atoms with Gasteiger partial charge in [0.05, 0.1) is 5.92 Å². The molecule has 0 aliphatic heterocycles. The molecule has 32 heavy (non-hydrogen) atoms. The molecule has 1 aliphatic carbocycles. The number of carbonyl (C=O) groups excluding carboxylic acids is 2. The van der Waals surface area contributed by atoms with Crippen LogP contribution in [0.5, 0.6) is 0 Å². The first kappa shape index (κ1) is 23.6.